The fourth-order valence-corrected chi connectivity index (χ4v) is 3.41. The molecule has 2 aromatic carbocycles. The van der Waals surface area contributed by atoms with Crippen LogP contribution in [-0.4, -0.2) is 22.5 Å². The second-order valence-corrected chi connectivity index (χ2v) is 6.05. The molecule has 4 nitrogen and oxygen atoms in total. The number of amides is 1. The summed E-state index contributed by atoms with van der Waals surface area (Å²) in [5.74, 6) is 0.854. The number of carbonyl (C=O) groups excluding carboxylic acids is 1. The summed E-state index contributed by atoms with van der Waals surface area (Å²) in [4.78, 5) is 15.0. The normalized spacial score (nSPS) is 17.8. The van der Waals surface area contributed by atoms with Crippen molar-refractivity contribution in [3.05, 3.63) is 65.5 Å². The summed E-state index contributed by atoms with van der Waals surface area (Å²) in [7, 11) is 0. The molecule has 0 aliphatic carbocycles. The molecule has 0 spiro atoms. The molecule has 1 amide bonds. The van der Waals surface area contributed by atoms with Gasteiger partial charge in [-0.2, -0.15) is 0 Å². The highest BCUT2D eigenvalue weighted by molar-refractivity contribution is 6.07. The predicted octanol–water partition coefficient (Wildman–Crippen LogP) is 4.11. The first-order valence-electron chi connectivity index (χ1n) is 7.96. The van der Waals surface area contributed by atoms with E-state index in [9.17, 15) is 4.79 Å². The maximum Gasteiger partial charge on any atom is 0.255 e. The zero-order valence-corrected chi connectivity index (χ0v) is 13.0. The van der Waals surface area contributed by atoms with Gasteiger partial charge in [-0.05, 0) is 36.6 Å². The summed E-state index contributed by atoms with van der Waals surface area (Å²) in [6.45, 7) is 2.66. The Bertz CT molecular complexity index is 863. The number of fused-ring (bicyclic) bond motifs is 1. The van der Waals surface area contributed by atoms with E-state index < -0.39 is 0 Å². The Labute approximate surface area is 134 Å². The van der Waals surface area contributed by atoms with Crippen LogP contribution in [0.4, 0.5) is 0 Å². The van der Waals surface area contributed by atoms with Gasteiger partial charge in [-0.15, -0.1) is 0 Å². The smallest absolute Gasteiger partial charge is 0.255 e. The van der Waals surface area contributed by atoms with E-state index in [2.05, 4.69) is 5.16 Å². The molecule has 0 unspecified atom stereocenters. The van der Waals surface area contributed by atoms with Crippen LogP contribution >= 0.6 is 0 Å². The first kappa shape index (κ1) is 14.0. The zero-order chi connectivity index (χ0) is 15.8. The van der Waals surface area contributed by atoms with Crippen LogP contribution < -0.4 is 0 Å². The van der Waals surface area contributed by atoms with E-state index in [1.165, 1.54) is 0 Å². The molecule has 1 saturated heterocycles. The van der Waals surface area contributed by atoms with Crippen LogP contribution in [0.5, 0.6) is 0 Å². The lowest BCUT2D eigenvalue weighted by Crippen LogP contribution is -2.30. The molecule has 23 heavy (non-hydrogen) atoms. The fraction of sp³-hybridized carbons (Fsp3) is 0.263. The van der Waals surface area contributed by atoms with Crippen molar-refractivity contribution >= 4 is 16.7 Å². The third-order valence-corrected chi connectivity index (χ3v) is 4.51. The van der Waals surface area contributed by atoms with Crippen molar-refractivity contribution in [3.8, 4) is 0 Å². The Balaban J connectivity index is 1.72. The minimum Gasteiger partial charge on any atom is -0.359 e. The van der Waals surface area contributed by atoms with Gasteiger partial charge < -0.3 is 9.42 Å². The Hall–Kier alpha value is -2.62. The number of hydrogen-bond acceptors (Lipinski definition) is 3. The highest BCUT2D eigenvalue weighted by atomic mass is 16.5. The summed E-state index contributed by atoms with van der Waals surface area (Å²) in [6, 6.07) is 15.8. The third-order valence-electron chi connectivity index (χ3n) is 4.51. The molecule has 1 aliphatic rings. The lowest BCUT2D eigenvalue weighted by molar-refractivity contribution is 0.0716. The van der Waals surface area contributed by atoms with Gasteiger partial charge in [-0.3, -0.25) is 4.79 Å². The zero-order valence-electron chi connectivity index (χ0n) is 13.0. The van der Waals surface area contributed by atoms with Crippen LogP contribution in [0.15, 0.2) is 53.1 Å². The Morgan fingerprint density at radius 1 is 1.22 bits per heavy atom. The minimum absolute atomic E-state index is 0.0114. The van der Waals surface area contributed by atoms with Crippen LogP contribution in [0.2, 0.25) is 0 Å². The average molecular weight is 306 g/mol. The van der Waals surface area contributed by atoms with Gasteiger partial charge in [0.2, 0.25) is 0 Å². The molecular weight excluding hydrogens is 288 g/mol. The van der Waals surface area contributed by atoms with Gasteiger partial charge in [0.1, 0.15) is 0 Å². The molecule has 0 N–H and O–H groups in total. The average Bonchev–Trinajstić information content (AvgIpc) is 3.22. The van der Waals surface area contributed by atoms with E-state index in [0.717, 1.165) is 47.2 Å². The van der Waals surface area contributed by atoms with Gasteiger partial charge in [0.05, 0.1) is 11.7 Å². The number of rotatable bonds is 2. The van der Waals surface area contributed by atoms with Crippen LogP contribution in [-0.2, 0) is 0 Å². The SMILES string of the molecule is Cc1cc([C@H]2CCCN2C(=O)c2cccc3ccccc23)on1. The lowest BCUT2D eigenvalue weighted by atomic mass is 10.0. The molecule has 2 heterocycles. The molecule has 1 atom stereocenters. The Morgan fingerprint density at radius 2 is 2.04 bits per heavy atom. The lowest BCUT2D eigenvalue weighted by Gasteiger charge is -2.23. The van der Waals surface area contributed by atoms with Gasteiger partial charge in [-0.25, -0.2) is 0 Å². The monoisotopic (exact) mass is 306 g/mol. The van der Waals surface area contributed by atoms with Gasteiger partial charge in [0.25, 0.3) is 5.91 Å². The second-order valence-electron chi connectivity index (χ2n) is 6.05. The number of aromatic nitrogens is 1. The molecule has 0 radical (unpaired) electrons. The molecule has 3 aromatic rings. The maximum atomic E-state index is 13.1. The van der Waals surface area contributed by atoms with Crippen molar-refractivity contribution in [2.75, 3.05) is 6.54 Å². The molecule has 4 heteroatoms. The first-order chi connectivity index (χ1) is 11.2. The Morgan fingerprint density at radius 3 is 2.87 bits per heavy atom. The van der Waals surface area contributed by atoms with Crippen molar-refractivity contribution in [1.29, 1.82) is 0 Å². The summed E-state index contributed by atoms with van der Waals surface area (Å²) in [5, 5.41) is 6.05. The van der Waals surface area contributed by atoms with Crippen molar-refractivity contribution in [3.63, 3.8) is 0 Å². The van der Waals surface area contributed by atoms with Crippen molar-refractivity contribution in [2.24, 2.45) is 0 Å². The number of likely N-dealkylation sites (tertiary alicyclic amines) is 1. The van der Waals surface area contributed by atoms with Gasteiger partial charge in [-0.1, -0.05) is 41.6 Å². The molecule has 1 fully saturated rings. The summed E-state index contributed by atoms with van der Waals surface area (Å²) in [5.41, 5.74) is 1.61. The molecule has 4 rings (SSSR count). The van der Waals surface area contributed by atoms with Crippen molar-refractivity contribution in [2.45, 2.75) is 25.8 Å². The summed E-state index contributed by atoms with van der Waals surface area (Å²) in [6.07, 6.45) is 1.91. The first-order valence-corrected chi connectivity index (χ1v) is 7.96. The predicted molar refractivity (Wildman–Crippen MR) is 88.2 cm³/mol. The molecule has 1 aliphatic heterocycles. The molecule has 0 bridgehead atoms. The number of benzene rings is 2. The highest BCUT2D eigenvalue weighted by Gasteiger charge is 2.33. The van der Waals surface area contributed by atoms with E-state index in [1.54, 1.807) is 0 Å². The molecule has 0 saturated carbocycles. The number of nitrogens with zero attached hydrogens (tertiary/aromatic N) is 2. The van der Waals surface area contributed by atoms with E-state index >= 15 is 0 Å². The largest absolute Gasteiger partial charge is 0.359 e. The van der Waals surface area contributed by atoms with Crippen LogP contribution in [0.1, 0.15) is 40.7 Å². The van der Waals surface area contributed by atoms with Gasteiger partial charge >= 0.3 is 0 Å². The molecule has 1 aromatic heterocycles. The quantitative estimate of drug-likeness (QED) is 0.715. The van der Waals surface area contributed by atoms with Gasteiger partial charge in [0.15, 0.2) is 5.76 Å². The fourth-order valence-electron chi connectivity index (χ4n) is 3.41. The highest BCUT2D eigenvalue weighted by Crippen LogP contribution is 2.34. The third kappa shape index (κ3) is 2.40. The summed E-state index contributed by atoms with van der Waals surface area (Å²) < 4.78 is 5.41. The van der Waals surface area contributed by atoms with Crippen LogP contribution in [0.25, 0.3) is 10.8 Å². The maximum absolute atomic E-state index is 13.1. The van der Waals surface area contributed by atoms with E-state index in [0.29, 0.717) is 0 Å². The number of carbonyl (C=O) groups is 1. The van der Waals surface area contributed by atoms with Crippen LogP contribution in [0.3, 0.4) is 0 Å². The molecular formula is C19H18N2O2. The van der Waals surface area contributed by atoms with E-state index in [1.807, 2.05) is 60.4 Å². The topological polar surface area (TPSA) is 46.3 Å². The number of aryl methyl sites for hydroxylation is 1. The van der Waals surface area contributed by atoms with Gasteiger partial charge in [0, 0.05) is 18.2 Å². The van der Waals surface area contributed by atoms with Crippen molar-refractivity contribution < 1.29 is 9.32 Å². The summed E-state index contributed by atoms with van der Waals surface area (Å²) >= 11 is 0. The van der Waals surface area contributed by atoms with Crippen LogP contribution in [0, 0.1) is 6.92 Å². The number of hydrogen-bond donors (Lipinski definition) is 0. The molecule has 116 valence electrons. The minimum atomic E-state index is -0.0114. The standard InChI is InChI=1S/C19H18N2O2/c1-13-12-18(23-20-13)17-10-5-11-21(17)19(22)16-9-4-7-14-6-2-3-8-15(14)16/h2-4,6-9,12,17H,5,10-11H2,1H3/t17-/m1/s1. The van der Waals surface area contributed by atoms with E-state index in [4.69, 9.17) is 4.52 Å². The van der Waals surface area contributed by atoms with Crippen molar-refractivity contribution in [1.82, 2.24) is 10.1 Å². The second kappa shape index (κ2) is 5.54. The Kier molecular flexibility index (Phi) is 3.37. The van der Waals surface area contributed by atoms with E-state index in [-0.39, 0.29) is 11.9 Å².